The molecule has 1 fully saturated rings. The fourth-order valence-electron chi connectivity index (χ4n) is 4.26. The zero-order valence-electron chi connectivity index (χ0n) is 18.3. The number of ether oxygens (including phenoxy) is 1. The first-order chi connectivity index (χ1) is 15.6. The molecule has 6 nitrogen and oxygen atoms in total. The minimum absolute atomic E-state index is 0.169. The number of aromatic nitrogens is 1. The Kier molecular flexibility index (Phi) is 7.05. The van der Waals surface area contributed by atoms with Crippen molar-refractivity contribution in [3.05, 3.63) is 59.9 Å². The molecule has 2 aromatic carbocycles. The number of benzene rings is 2. The molecule has 32 heavy (non-hydrogen) atoms. The van der Waals surface area contributed by atoms with Crippen LogP contribution in [0.15, 0.2) is 58.2 Å². The number of rotatable bonds is 8. The van der Waals surface area contributed by atoms with E-state index in [4.69, 9.17) is 14.3 Å². The van der Waals surface area contributed by atoms with Crippen molar-refractivity contribution in [2.45, 2.75) is 50.0 Å². The number of hydrogen-bond acceptors (Lipinski definition) is 6. The molecule has 168 valence electrons. The van der Waals surface area contributed by atoms with Gasteiger partial charge in [-0.05, 0) is 73.4 Å². The van der Waals surface area contributed by atoms with E-state index in [1.165, 1.54) is 68.9 Å². The molecular weight excluding hydrogens is 424 g/mol. The highest BCUT2D eigenvalue weighted by molar-refractivity contribution is 8.00. The molecule has 0 spiro atoms. The number of carboxylic acid groups (broad SMARTS) is 1. The topological polar surface area (TPSA) is 84.6 Å². The predicted octanol–water partition coefficient (Wildman–Crippen LogP) is 6.85. The largest absolute Gasteiger partial charge is 0.495 e. The lowest BCUT2D eigenvalue weighted by atomic mass is 9.78. The lowest BCUT2D eigenvalue weighted by molar-refractivity contribution is 0.0696. The smallest absolute Gasteiger partial charge is 0.335 e. The second kappa shape index (κ2) is 10.1. The van der Waals surface area contributed by atoms with Crippen LogP contribution in [0, 0.1) is 5.92 Å². The fourth-order valence-corrected chi connectivity index (χ4v) is 4.86. The third-order valence-electron chi connectivity index (χ3n) is 6.25. The lowest BCUT2D eigenvalue weighted by Gasteiger charge is -2.28. The summed E-state index contributed by atoms with van der Waals surface area (Å²) in [6, 6.07) is 13.3. The van der Waals surface area contributed by atoms with Gasteiger partial charge in [0.05, 0.1) is 18.4 Å². The third-order valence-corrected chi connectivity index (χ3v) is 6.97. The summed E-state index contributed by atoms with van der Waals surface area (Å²) in [6.45, 7) is 2.30. The van der Waals surface area contributed by atoms with Gasteiger partial charge in [0, 0.05) is 17.5 Å². The normalized spacial score (nSPS) is 18.3. The number of carbonyl (C=O) groups is 1. The van der Waals surface area contributed by atoms with Crippen molar-refractivity contribution < 1.29 is 19.1 Å². The van der Waals surface area contributed by atoms with Gasteiger partial charge in [-0.1, -0.05) is 25.5 Å². The van der Waals surface area contributed by atoms with Gasteiger partial charge in [0.2, 0.25) is 5.89 Å². The maximum atomic E-state index is 11.1. The Balaban J connectivity index is 1.38. The van der Waals surface area contributed by atoms with Crippen molar-refractivity contribution in [3.63, 3.8) is 0 Å². The van der Waals surface area contributed by atoms with Crippen LogP contribution in [-0.2, 0) is 0 Å². The van der Waals surface area contributed by atoms with Gasteiger partial charge in [-0.25, -0.2) is 9.78 Å². The minimum Gasteiger partial charge on any atom is -0.495 e. The second-order valence-electron chi connectivity index (χ2n) is 8.16. The molecule has 0 atom stereocenters. The molecule has 0 saturated heterocycles. The van der Waals surface area contributed by atoms with Crippen LogP contribution >= 0.6 is 11.9 Å². The van der Waals surface area contributed by atoms with Gasteiger partial charge in [-0.15, -0.1) is 0 Å². The minimum atomic E-state index is -0.997. The van der Waals surface area contributed by atoms with E-state index in [9.17, 15) is 4.79 Å². The van der Waals surface area contributed by atoms with E-state index in [2.05, 4.69) is 40.9 Å². The van der Waals surface area contributed by atoms with Crippen molar-refractivity contribution in [3.8, 4) is 17.2 Å². The van der Waals surface area contributed by atoms with E-state index in [1.807, 2.05) is 0 Å². The Bertz CT molecular complexity index is 1060. The number of anilines is 1. The first-order valence-electron chi connectivity index (χ1n) is 11.0. The number of nitrogens with zero attached hydrogens (tertiary/aromatic N) is 1. The number of nitrogens with one attached hydrogen (secondary N) is 1. The molecule has 1 aliphatic rings. The van der Waals surface area contributed by atoms with Crippen molar-refractivity contribution in [1.29, 1.82) is 0 Å². The number of aromatic carboxylic acids is 1. The standard InChI is InChI=1S/C25H28N2O4S/c1-3-16-4-6-17(7-5-16)18-8-10-19(11-9-18)24-26-23(15-31-24)32-27-21-13-12-20(25(28)29)14-22(21)30-2/h8-17,27H,3-7H2,1-2H3,(H,28,29). The quantitative estimate of drug-likeness (QED) is 0.361. The molecule has 0 amide bonds. The zero-order valence-corrected chi connectivity index (χ0v) is 19.2. The van der Waals surface area contributed by atoms with Gasteiger partial charge in [0.1, 0.15) is 12.0 Å². The van der Waals surface area contributed by atoms with Crippen LogP contribution in [0.3, 0.4) is 0 Å². The van der Waals surface area contributed by atoms with Gasteiger partial charge in [-0.2, -0.15) is 0 Å². The van der Waals surface area contributed by atoms with Crippen molar-refractivity contribution in [1.82, 2.24) is 4.98 Å². The van der Waals surface area contributed by atoms with Crippen LogP contribution in [-0.4, -0.2) is 23.2 Å². The highest BCUT2D eigenvalue weighted by Gasteiger charge is 2.21. The summed E-state index contributed by atoms with van der Waals surface area (Å²) in [4.78, 5) is 15.7. The third kappa shape index (κ3) is 5.10. The fraction of sp³-hybridized carbons (Fsp3) is 0.360. The van der Waals surface area contributed by atoms with Gasteiger partial charge in [0.15, 0.2) is 5.03 Å². The highest BCUT2D eigenvalue weighted by Crippen LogP contribution is 2.37. The first-order valence-corrected chi connectivity index (χ1v) is 11.8. The monoisotopic (exact) mass is 452 g/mol. The van der Waals surface area contributed by atoms with Crippen molar-refractivity contribution in [2.24, 2.45) is 5.92 Å². The Morgan fingerprint density at radius 3 is 2.59 bits per heavy atom. The van der Waals surface area contributed by atoms with Crippen molar-refractivity contribution >= 4 is 23.6 Å². The maximum Gasteiger partial charge on any atom is 0.335 e. The van der Waals surface area contributed by atoms with E-state index in [1.54, 1.807) is 12.3 Å². The van der Waals surface area contributed by atoms with Crippen molar-refractivity contribution in [2.75, 3.05) is 11.8 Å². The average molecular weight is 453 g/mol. The summed E-state index contributed by atoms with van der Waals surface area (Å²) in [6.07, 6.45) is 8.12. The molecule has 1 heterocycles. The SMILES string of the molecule is CCC1CCC(c2ccc(-c3nc(SNc4ccc(C(=O)O)cc4OC)co3)cc2)CC1. The molecule has 1 aliphatic carbocycles. The lowest BCUT2D eigenvalue weighted by Crippen LogP contribution is -2.12. The Hall–Kier alpha value is -2.93. The van der Waals surface area contributed by atoms with Gasteiger partial charge < -0.3 is 19.0 Å². The van der Waals surface area contributed by atoms with Gasteiger partial charge in [-0.3, -0.25) is 0 Å². The summed E-state index contributed by atoms with van der Waals surface area (Å²) < 4.78 is 14.1. The van der Waals surface area contributed by atoms with E-state index >= 15 is 0 Å². The molecule has 0 radical (unpaired) electrons. The molecule has 3 aromatic rings. The summed E-state index contributed by atoms with van der Waals surface area (Å²) >= 11 is 1.28. The van der Waals surface area contributed by atoms with E-state index < -0.39 is 5.97 Å². The zero-order chi connectivity index (χ0) is 22.5. The van der Waals surface area contributed by atoms with Crippen LogP contribution in [0.5, 0.6) is 5.75 Å². The molecule has 7 heteroatoms. The Morgan fingerprint density at radius 2 is 1.94 bits per heavy atom. The van der Waals surface area contributed by atoms with Gasteiger partial charge >= 0.3 is 5.97 Å². The molecule has 1 saturated carbocycles. The maximum absolute atomic E-state index is 11.1. The summed E-state index contributed by atoms with van der Waals surface area (Å²) in [7, 11) is 1.50. The molecule has 1 aromatic heterocycles. The van der Waals surface area contributed by atoms with E-state index in [0.29, 0.717) is 28.3 Å². The molecular formula is C25H28N2O4S. The molecule has 4 rings (SSSR count). The molecule has 0 aliphatic heterocycles. The van der Waals surface area contributed by atoms with Crippen LogP contribution in [0.4, 0.5) is 5.69 Å². The van der Waals surface area contributed by atoms with Crippen LogP contribution < -0.4 is 9.46 Å². The Labute approximate surface area is 192 Å². The summed E-state index contributed by atoms with van der Waals surface area (Å²) in [5.41, 5.74) is 3.19. The number of methoxy groups -OCH3 is 1. The average Bonchev–Trinajstić information content (AvgIpc) is 3.32. The molecule has 0 bridgehead atoms. The number of carboxylic acids is 1. The predicted molar refractivity (Wildman–Crippen MR) is 126 cm³/mol. The van der Waals surface area contributed by atoms with Crippen LogP contribution in [0.2, 0.25) is 0 Å². The molecule has 0 unspecified atom stereocenters. The number of hydrogen-bond donors (Lipinski definition) is 2. The molecule has 2 N–H and O–H groups in total. The van der Waals surface area contributed by atoms with Crippen LogP contribution in [0.25, 0.3) is 11.5 Å². The second-order valence-corrected chi connectivity index (χ2v) is 8.99. The number of oxazole rings is 1. The van der Waals surface area contributed by atoms with E-state index in [-0.39, 0.29) is 5.56 Å². The van der Waals surface area contributed by atoms with E-state index in [0.717, 1.165) is 11.5 Å². The summed E-state index contributed by atoms with van der Waals surface area (Å²) in [5.74, 6) is 1.59. The Morgan fingerprint density at radius 1 is 1.19 bits per heavy atom. The van der Waals surface area contributed by atoms with Gasteiger partial charge in [0.25, 0.3) is 0 Å². The highest BCUT2D eigenvalue weighted by atomic mass is 32.2. The first kappa shape index (κ1) is 22.3. The van der Waals surface area contributed by atoms with Crippen LogP contribution in [0.1, 0.15) is 60.9 Å². The summed E-state index contributed by atoms with van der Waals surface area (Å²) in [5, 5.41) is 9.80.